The van der Waals surface area contributed by atoms with Crippen LogP contribution < -0.4 is 0 Å². The average Bonchev–Trinajstić information content (AvgIpc) is 2.19. The molecule has 0 rings (SSSR count). The molecule has 0 N–H and O–H groups in total. The second-order valence-corrected chi connectivity index (χ2v) is 6.41. The van der Waals surface area contributed by atoms with Crippen molar-refractivity contribution in [2.75, 3.05) is 14.2 Å². The third-order valence-corrected chi connectivity index (χ3v) is 4.38. The molecule has 0 aromatic heterocycles. The number of hydrogen-bond acceptors (Lipinski definition) is 2. The molecule has 0 saturated carbocycles. The third kappa shape index (κ3) is 5.52. The fourth-order valence-corrected chi connectivity index (χ4v) is 2.78. The average molecular weight is 224 g/mol. The Balaban J connectivity index is 4.87. The maximum Gasteiger partial charge on any atom is 0.391 e. The predicted molar refractivity (Wildman–Crippen MR) is 67.7 cm³/mol. The summed E-state index contributed by atoms with van der Waals surface area (Å²) in [7, 11) is 0.956. The molecule has 0 heterocycles. The van der Waals surface area contributed by atoms with Gasteiger partial charge in [0.25, 0.3) is 0 Å². The normalized spacial score (nSPS) is 12.5. The van der Waals surface area contributed by atoms with Gasteiger partial charge in [0, 0.05) is 14.2 Å². The first-order chi connectivity index (χ1) is 6.95. The summed E-state index contributed by atoms with van der Waals surface area (Å²) in [6.45, 7) is 11.5. The summed E-state index contributed by atoms with van der Waals surface area (Å²) in [5.41, 5.74) is 5.86. The zero-order valence-electron chi connectivity index (χ0n) is 10.0. The van der Waals surface area contributed by atoms with Crippen molar-refractivity contribution in [2.24, 2.45) is 0 Å². The molecule has 2 nitrogen and oxygen atoms in total. The summed E-state index contributed by atoms with van der Waals surface area (Å²) < 4.78 is 10.9. The van der Waals surface area contributed by atoms with Crippen LogP contribution >= 0.6 is 0 Å². The smallest absolute Gasteiger partial charge is 0.391 e. The van der Waals surface area contributed by atoms with E-state index in [2.05, 4.69) is 13.2 Å². The van der Waals surface area contributed by atoms with E-state index in [0.717, 1.165) is 11.1 Å². The molecular formula is C12H20O2Si. The summed E-state index contributed by atoms with van der Waals surface area (Å²) in [5.74, 6) is 0. The van der Waals surface area contributed by atoms with Gasteiger partial charge in [0.2, 0.25) is 0 Å². The van der Waals surface area contributed by atoms with Crippen LogP contribution in [0.2, 0.25) is 0 Å². The van der Waals surface area contributed by atoms with Crippen LogP contribution in [0, 0.1) is 0 Å². The zero-order chi connectivity index (χ0) is 11.9. The van der Waals surface area contributed by atoms with Gasteiger partial charge in [-0.2, -0.15) is 0 Å². The lowest BCUT2D eigenvalue weighted by molar-refractivity contribution is 0.269. The van der Waals surface area contributed by atoms with Gasteiger partial charge < -0.3 is 8.85 Å². The zero-order valence-corrected chi connectivity index (χ0v) is 11.0. The van der Waals surface area contributed by atoms with E-state index in [1.165, 1.54) is 0 Å². The summed E-state index contributed by atoms with van der Waals surface area (Å²) in [6.07, 6.45) is 3.84. The molecule has 0 radical (unpaired) electrons. The van der Waals surface area contributed by atoms with Crippen molar-refractivity contribution in [2.45, 2.75) is 13.8 Å². The highest BCUT2D eigenvalue weighted by Gasteiger charge is 2.28. The molecule has 0 spiro atoms. The van der Waals surface area contributed by atoms with Crippen molar-refractivity contribution in [3.8, 4) is 0 Å². The molecule has 3 heteroatoms. The third-order valence-electron chi connectivity index (χ3n) is 1.84. The highest BCUT2D eigenvalue weighted by atomic mass is 28.4. The van der Waals surface area contributed by atoms with Crippen LogP contribution in [0.5, 0.6) is 0 Å². The van der Waals surface area contributed by atoms with Gasteiger partial charge in [0.05, 0.1) is 0 Å². The highest BCUT2D eigenvalue weighted by molar-refractivity contribution is 6.77. The predicted octanol–water partition coefficient (Wildman–Crippen LogP) is 3.06. The molecule has 0 unspecified atom stereocenters. The first kappa shape index (κ1) is 14.1. The Morgan fingerprint density at radius 2 is 1.27 bits per heavy atom. The van der Waals surface area contributed by atoms with Crippen LogP contribution in [0.1, 0.15) is 13.8 Å². The van der Waals surface area contributed by atoms with Crippen molar-refractivity contribution >= 4 is 8.56 Å². The molecule has 0 aliphatic rings. The highest BCUT2D eigenvalue weighted by Crippen LogP contribution is 2.11. The van der Waals surface area contributed by atoms with E-state index in [4.69, 9.17) is 8.85 Å². The van der Waals surface area contributed by atoms with Crippen molar-refractivity contribution in [1.82, 2.24) is 0 Å². The van der Waals surface area contributed by atoms with Gasteiger partial charge in [-0.15, -0.1) is 0 Å². The van der Waals surface area contributed by atoms with Gasteiger partial charge in [0.1, 0.15) is 0 Å². The molecule has 15 heavy (non-hydrogen) atoms. The van der Waals surface area contributed by atoms with Gasteiger partial charge in [0.15, 0.2) is 0 Å². The van der Waals surface area contributed by atoms with E-state index in [1.807, 2.05) is 37.4 Å². The van der Waals surface area contributed by atoms with Crippen LogP contribution in [-0.4, -0.2) is 22.8 Å². The van der Waals surface area contributed by atoms with Crippen LogP contribution in [0.25, 0.3) is 0 Å². The first-order valence-electron chi connectivity index (χ1n) is 4.75. The van der Waals surface area contributed by atoms with Crippen LogP contribution in [0.4, 0.5) is 0 Å². The summed E-state index contributed by atoms with van der Waals surface area (Å²) in [5, 5.41) is 0. The van der Waals surface area contributed by atoms with E-state index in [-0.39, 0.29) is 0 Å². The fourth-order valence-electron chi connectivity index (χ4n) is 0.928. The lowest BCUT2D eigenvalue weighted by atomic mass is 10.4. The van der Waals surface area contributed by atoms with Gasteiger partial charge in [-0.05, 0) is 25.2 Å². The lowest BCUT2D eigenvalue weighted by Gasteiger charge is -2.19. The molecule has 0 aliphatic carbocycles. The Bertz CT molecular complexity index is 260. The first-order valence-corrected chi connectivity index (χ1v) is 6.72. The molecule has 0 saturated heterocycles. The minimum atomic E-state index is -2.35. The van der Waals surface area contributed by atoms with Gasteiger partial charge >= 0.3 is 8.56 Å². The van der Waals surface area contributed by atoms with Gasteiger partial charge in [-0.3, -0.25) is 0 Å². The van der Waals surface area contributed by atoms with Crippen molar-refractivity contribution < 1.29 is 8.85 Å². The van der Waals surface area contributed by atoms with Gasteiger partial charge in [-0.1, -0.05) is 36.5 Å². The largest absolute Gasteiger partial charge is 0.392 e. The Morgan fingerprint density at radius 1 is 0.933 bits per heavy atom. The fraction of sp³-hybridized carbons (Fsp3) is 0.333. The number of hydrogen-bond donors (Lipinski definition) is 0. The monoisotopic (exact) mass is 224 g/mol. The van der Waals surface area contributed by atoms with Crippen LogP contribution in [0.15, 0.2) is 47.9 Å². The SMILES string of the molecule is C=C(C)C=C[Si](C=CC(=C)C)(OC)OC. The maximum absolute atomic E-state index is 5.45. The molecular weight excluding hydrogens is 204 g/mol. The lowest BCUT2D eigenvalue weighted by Crippen LogP contribution is -2.36. The molecule has 0 aromatic rings. The Morgan fingerprint density at radius 3 is 1.47 bits per heavy atom. The molecule has 0 amide bonds. The molecule has 0 bridgehead atoms. The minimum absolute atomic E-state index is 0.977. The summed E-state index contributed by atoms with van der Waals surface area (Å²) in [4.78, 5) is 0. The molecule has 0 atom stereocenters. The minimum Gasteiger partial charge on any atom is -0.392 e. The van der Waals surface area contributed by atoms with Crippen molar-refractivity contribution in [3.05, 3.63) is 47.9 Å². The Labute approximate surface area is 93.8 Å². The molecule has 0 aliphatic heterocycles. The number of allylic oxidation sites excluding steroid dienone is 4. The van der Waals surface area contributed by atoms with Crippen LogP contribution in [0.3, 0.4) is 0 Å². The maximum atomic E-state index is 5.45. The Kier molecular flexibility index (Phi) is 6.16. The van der Waals surface area contributed by atoms with E-state index in [9.17, 15) is 0 Å². The molecule has 84 valence electrons. The Hall–Kier alpha value is -0.903. The van der Waals surface area contributed by atoms with E-state index in [0.29, 0.717) is 0 Å². The molecule has 0 aromatic carbocycles. The standard InChI is InChI=1S/C12H20O2Si/c1-11(2)7-9-15(13-5,14-6)10-8-12(3)4/h7-10H,1,3H2,2,4-6H3. The number of rotatable bonds is 6. The van der Waals surface area contributed by atoms with E-state index < -0.39 is 8.56 Å². The van der Waals surface area contributed by atoms with Crippen molar-refractivity contribution in [1.29, 1.82) is 0 Å². The van der Waals surface area contributed by atoms with E-state index >= 15 is 0 Å². The second kappa shape index (κ2) is 6.56. The van der Waals surface area contributed by atoms with Crippen LogP contribution in [-0.2, 0) is 8.85 Å². The van der Waals surface area contributed by atoms with Gasteiger partial charge in [-0.25, -0.2) is 0 Å². The summed E-state index contributed by atoms with van der Waals surface area (Å²) in [6, 6.07) is 0. The van der Waals surface area contributed by atoms with Crippen molar-refractivity contribution in [3.63, 3.8) is 0 Å². The quantitative estimate of drug-likeness (QED) is 0.510. The van der Waals surface area contributed by atoms with E-state index in [1.54, 1.807) is 14.2 Å². The summed E-state index contributed by atoms with van der Waals surface area (Å²) >= 11 is 0. The second-order valence-electron chi connectivity index (χ2n) is 3.49. The topological polar surface area (TPSA) is 18.5 Å². The molecule has 0 fully saturated rings.